The van der Waals surface area contributed by atoms with Crippen molar-refractivity contribution in [3.63, 3.8) is 0 Å². The minimum Gasteiger partial charge on any atom is -0.350 e. The fourth-order valence-electron chi connectivity index (χ4n) is 2.72. The summed E-state index contributed by atoms with van der Waals surface area (Å²) in [5.74, 6) is -0.263. The van der Waals surface area contributed by atoms with Gasteiger partial charge in [-0.3, -0.25) is 4.79 Å². The molecule has 1 aliphatic heterocycles. The lowest BCUT2D eigenvalue weighted by molar-refractivity contribution is 0.0943. The number of rotatable bonds is 4. The number of benzene rings is 1. The summed E-state index contributed by atoms with van der Waals surface area (Å²) in [5.41, 5.74) is 1.43. The summed E-state index contributed by atoms with van der Waals surface area (Å²) in [6.45, 7) is 4.59. The summed E-state index contributed by atoms with van der Waals surface area (Å²) in [4.78, 5) is 13.5. The summed E-state index contributed by atoms with van der Waals surface area (Å²) in [6.07, 6.45) is 0.736. The zero-order chi connectivity index (χ0) is 17.3. The van der Waals surface area contributed by atoms with Crippen LogP contribution < -0.4 is 5.32 Å². The van der Waals surface area contributed by atoms with Crippen molar-refractivity contribution in [3.05, 3.63) is 51.7 Å². The first kappa shape index (κ1) is 17.1. The van der Waals surface area contributed by atoms with Gasteiger partial charge in [0.1, 0.15) is 0 Å². The average Bonchev–Trinajstić information content (AvgIpc) is 3.02. The Hall–Kier alpha value is -1.70. The van der Waals surface area contributed by atoms with Crippen molar-refractivity contribution in [3.8, 4) is 0 Å². The molecule has 1 aromatic carbocycles. The van der Waals surface area contributed by atoms with Crippen LogP contribution in [0.3, 0.4) is 0 Å². The van der Waals surface area contributed by atoms with Gasteiger partial charge in [-0.1, -0.05) is 6.07 Å². The number of hydrogen-bond donors (Lipinski definition) is 1. The second-order valence-electron chi connectivity index (χ2n) is 6.11. The van der Waals surface area contributed by atoms with Gasteiger partial charge in [-0.15, -0.1) is 11.3 Å². The smallest absolute Gasteiger partial charge is 0.251 e. The Morgan fingerprint density at radius 1 is 1.29 bits per heavy atom. The SMILES string of the molecule is CC(C)NC(=O)c1cccc(S(=O)(=O)N2CCc3sccc3C2)c1. The van der Waals surface area contributed by atoms with Gasteiger partial charge >= 0.3 is 0 Å². The Labute approximate surface area is 146 Å². The Balaban J connectivity index is 1.87. The molecular weight excluding hydrogens is 344 g/mol. The largest absolute Gasteiger partial charge is 0.350 e. The van der Waals surface area contributed by atoms with E-state index in [0.29, 0.717) is 18.7 Å². The number of hydrogen-bond acceptors (Lipinski definition) is 4. The molecule has 0 atom stereocenters. The highest BCUT2D eigenvalue weighted by Gasteiger charge is 2.29. The van der Waals surface area contributed by atoms with Crippen LogP contribution in [0.15, 0.2) is 40.6 Å². The van der Waals surface area contributed by atoms with Gasteiger partial charge in [0.25, 0.3) is 5.91 Å². The third-order valence-electron chi connectivity index (χ3n) is 3.93. The van der Waals surface area contributed by atoms with Crippen LogP contribution in [0.2, 0.25) is 0 Å². The number of fused-ring (bicyclic) bond motifs is 1. The second-order valence-corrected chi connectivity index (χ2v) is 9.05. The Morgan fingerprint density at radius 3 is 2.83 bits per heavy atom. The first-order valence-electron chi connectivity index (χ1n) is 7.84. The van der Waals surface area contributed by atoms with Crippen LogP contribution in [0.1, 0.15) is 34.6 Å². The highest BCUT2D eigenvalue weighted by atomic mass is 32.2. The van der Waals surface area contributed by atoms with Crippen LogP contribution in [0.25, 0.3) is 0 Å². The van der Waals surface area contributed by atoms with Gasteiger partial charge in [-0.2, -0.15) is 4.31 Å². The van der Waals surface area contributed by atoms with Crippen LogP contribution in [0.4, 0.5) is 0 Å². The number of carbonyl (C=O) groups excluding carboxylic acids is 1. The first-order chi connectivity index (χ1) is 11.4. The lowest BCUT2D eigenvalue weighted by Crippen LogP contribution is -2.35. The Kier molecular flexibility index (Phi) is 4.76. The van der Waals surface area contributed by atoms with Crippen molar-refractivity contribution in [1.29, 1.82) is 0 Å². The van der Waals surface area contributed by atoms with Gasteiger partial charge in [0.15, 0.2) is 0 Å². The van der Waals surface area contributed by atoms with Gasteiger partial charge in [0.2, 0.25) is 10.0 Å². The second kappa shape index (κ2) is 6.66. The third-order valence-corrected chi connectivity index (χ3v) is 6.79. The van der Waals surface area contributed by atoms with Crippen molar-refractivity contribution in [1.82, 2.24) is 9.62 Å². The highest BCUT2D eigenvalue weighted by Crippen LogP contribution is 2.28. The number of nitrogens with one attached hydrogen (secondary N) is 1. The zero-order valence-corrected chi connectivity index (χ0v) is 15.3. The topological polar surface area (TPSA) is 66.5 Å². The van der Waals surface area contributed by atoms with Crippen LogP contribution >= 0.6 is 11.3 Å². The molecule has 1 aromatic heterocycles. The van der Waals surface area contributed by atoms with Crippen molar-refractivity contribution >= 4 is 27.3 Å². The molecular formula is C17H20N2O3S2. The van der Waals surface area contributed by atoms with Gasteiger partial charge < -0.3 is 5.32 Å². The summed E-state index contributed by atoms with van der Waals surface area (Å²) in [6, 6.07) is 8.22. The van der Waals surface area contributed by atoms with Gasteiger partial charge in [-0.05, 0) is 55.5 Å². The van der Waals surface area contributed by atoms with Crippen LogP contribution in [0.5, 0.6) is 0 Å². The minimum absolute atomic E-state index is 0.00290. The van der Waals surface area contributed by atoms with E-state index < -0.39 is 10.0 Å². The molecule has 24 heavy (non-hydrogen) atoms. The van der Waals surface area contributed by atoms with E-state index in [4.69, 9.17) is 0 Å². The fourth-order valence-corrected chi connectivity index (χ4v) is 5.08. The number of sulfonamides is 1. The molecule has 3 rings (SSSR count). The molecule has 0 spiro atoms. The van der Waals surface area contributed by atoms with Crippen molar-refractivity contribution in [2.45, 2.75) is 37.8 Å². The predicted molar refractivity (Wildman–Crippen MR) is 94.7 cm³/mol. The summed E-state index contributed by atoms with van der Waals surface area (Å²) in [5, 5.41) is 4.78. The molecule has 7 heteroatoms. The van der Waals surface area contributed by atoms with E-state index in [2.05, 4.69) is 5.32 Å². The maximum atomic E-state index is 12.9. The molecule has 0 bridgehead atoms. The van der Waals surface area contributed by atoms with E-state index in [0.717, 1.165) is 12.0 Å². The van der Waals surface area contributed by atoms with Crippen LogP contribution in [-0.4, -0.2) is 31.2 Å². The van der Waals surface area contributed by atoms with E-state index in [1.807, 2.05) is 25.3 Å². The molecule has 2 aromatic rings. The molecule has 1 N–H and O–H groups in total. The van der Waals surface area contributed by atoms with Gasteiger partial charge in [-0.25, -0.2) is 8.42 Å². The van der Waals surface area contributed by atoms with Crippen molar-refractivity contribution < 1.29 is 13.2 Å². The standard InChI is InChI=1S/C17H20N2O3S2/c1-12(2)18-17(20)13-4-3-5-15(10-13)24(21,22)19-8-6-16-14(11-19)7-9-23-16/h3-5,7,9-10,12H,6,8,11H2,1-2H3,(H,18,20). The number of nitrogens with zero attached hydrogens (tertiary/aromatic N) is 1. The maximum Gasteiger partial charge on any atom is 0.251 e. The quantitative estimate of drug-likeness (QED) is 0.907. The lowest BCUT2D eigenvalue weighted by atomic mass is 10.1. The fraction of sp³-hybridized carbons (Fsp3) is 0.353. The van der Waals surface area contributed by atoms with E-state index >= 15 is 0 Å². The molecule has 0 saturated heterocycles. The Bertz CT molecular complexity index is 856. The highest BCUT2D eigenvalue weighted by molar-refractivity contribution is 7.89. The maximum absolute atomic E-state index is 12.9. The molecule has 128 valence electrons. The molecule has 5 nitrogen and oxygen atoms in total. The van der Waals surface area contributed by atoms with Crippen molar-refractivity contribution in [2.24, 2.45) is 0 Å². The van der Waals surface area contributed by atoms with E-state index in [1.54, 1.807) is 29.5 Å². The molecule has 0 unspecified atom stereocenters. The molecule has 0 aliphatic carbocycles. The van der Waals surface area contributed by atoms with Crippen LogP contribution in [-0.2, 0) is 23.0 Å². The lowest BCUT2D eigenvalue weighted by Gasteiger charge is -2.26. The molecule has 0 saturated carbocycles. The summed E-state index contributed by atoms with van der Waals surface area (Å²) in [7, 11) is -3.61. The molecule has 0 fully saturated rings. The minimum atomic E-state index is -3.61. The predicted octanol–water partition coefficient (Wildman–Crippen LogP) is 2.63. The van der Waals surface area contributed by atoms with Gasteiger partial charge in [0, 0.05) is 29.6 Å². The molecule has 2 heterocycles. The monoisotopic (exact) mass is 364 g/mol. The number of thiophene rings is 1. The summed E-state index contributed by atoms with van der Waals surface area (Å²) < 4.78 is 27.3. The molecule has 0 radical (unpaired) electrons. The normalized spacial score (nSPS) is 15.3. The zero-order valence-electron chi connectivity index (χ0n) is 13.7. The van der Waals surface area contributed by atoms with E-state index in [9.17, 15) is 13.2 Å². The average molecular weight is 364 g/mol. The van der Waals surface area contributed by atoms with E-state index in [-0.39, 0.29) is 16.8 Å². The van der Waals surface area contributed by atoms with Gasteiger partial charge in [0.05, 0.1) is 4.90 Å². The first-order valence-corrected chi connectivity index (χ1v) is 10.2. The van der Waals surface area contributed by atoms with Crippen LogP contribution in [0, 0.1) is 0 Å². The Morgan fingerprint density at radius 2 is 2.08 bits per heavy atom. The molecule has 1 amide bonds. The molecule has 1 aliphatic rings. The van der Waals surface area contributed by atoms with Crippen molar-refractivity contribution in [2.75, 3.05) is 6.54 Å². The number of amides is 1. The number of carbonyl (C=O) groups is 1. The third kappa shape index (κ3) is 3.38. The van der Waals surface area contributed by atoms with E-state index in [1.165, 1.54) is 15.2 Å². The summed E-state index contributed by atoms with van der Waals surface area (Å²) >= 11 is 1.67.